The number of rotatable bonds is 6. The van der Waals surface area contributed by atoms with Crippen molar-refractivity contribution < 1.29 is 18.0 Å². The SMILES string of the molecule is CC(C)C1CNC(=O)N1c1ccnc(NC2(c3cn(-c4cccc(C(F)(F)F)c4)cn3)CC2)n1. The molecule has 34 heavy (non-hydrogen) atoms. The van der Waals surface area contributed by atoms with Gasteiger partial charge in [0.2, 0.25) is 5.95 Å². The molecule has 1 unspecified atom stereocenters. The molecular formula is C23H24F3N7O. The monoisotopic (exact) mass is 471 g/mol. The summed E-state index contributed by atoms with van der Waals surface area (Å²) >= 11 is 0. The van der Waals surface area contributed by atoms with Gasteiger partial charge in [-0.3, -0.25) is 4.90 Å². The maximum absolute atomic E-state index is 13.1. The van der Waals surface area contributed by atoms with E-state index in [2.05, 4.69) is 39.4 Å². The van der Waals surface area contributed by atoms with E-state index in [1.807, 2.05) is 0 Å². The maximum Gasteiger partial charge on any atom is 0.416 e. The van der Waals surface area contributed by atoms with Crippen molar-refractivity contribution in [3.8, 4) is 5.69 Å². The van der Waals surface area contributed by atoms with Gasteiger partial charge < -0.3 is 15.2 Å². The summed E-state index contributed by atoms with van der Waals surface area (Å²) in [6.07, 6.45) is 1.97. The number of imidazole rings is 1. The highest BCUT2D eigenvalue weighted by atomic mass is 19.4. The van der Waals surface area contributed by atoms with Crippen molar-refractivity contribution in [2.45, 2.75) is 44.4 Å². The number of anilines is 2. The Balaban J connectivity index is 1.38. The van der Waals surface area contributed by atoms with Gasteiger partial charge >= 0.3 is 12.2 Å². The van der Waals surface area contributed by atoms with Crippen LogP contribution in [0.2, 0.25) is 0 Å². The van der Waals surface area contributed by atoms with E-state index >= 15 is 0 Å². The molecule has 0 spiro atoms. The molecule has 1 atom stereocenters. The van der Waals surface area contributed by atoms with Gasteiger partial charge in [-0.1, -0.05) is 19.9 Å². The van der Waals surface area contributed by atoms with Crippen LogP contribution in [0.1, 0.15) is 37.9 Å². The highest BCUT2D eigenvalue weighted by Gasteiger charge is 2.47. The first-order chi connectivity index (χ1) is 16.2. The number of amides is 2. The van der Waals surface area contributed by atoms with Gasteiger partial charge in [-0.2, -0.15) is 18.2 Å². The minimum atomic E-state index is -4.41. The first kappa shape index (κ1) is 22.2. The molecule has 1 saturated heterocycles. The lowest BCUT2D eigenvalue weighted by molar-refractivity contribution is -0.137. The van der Waals surface area contributed by atoms with Crippen molar-refractivity contribution in [1.82, 2.24) is 24.8 Å². The highest BCUT2D eigenvalue weighted by Crippen LogP contribution is 2.47. The average molecular weight is 471 g/mol. The Labute approximate surface area is 194 Å². The molecule has 2 N–H and O–H groups in total. The quantitative estimate of drug-likeness (QED) is 0.559. The molecule has 3 aromatic rings. The zero-order chi connectivity index (χ0) is 24.1. The topological polar surface area (TPSA) is 88.0 Å². The van der Waals surface area contributed by atoms with Crippen molar-refractivity contribution in [2.75, 3.05) is 16.8 Å². The number of hydrogen-bond donors (Lipinski definition) is 2. The summed E-state index contributed by atoms with van der Waals surface area (Å²) in [6, 6.07) is 6.62. The van der Waals surface area contributed by atoms with Crippen LogP contribution in [-0.4, -0.2) is 38.1 Å². The summed E-state index contributed by atoms with van der Waals surface area (Å²) < 4.78 is 40.8. The van der Waals surface area contributed by atoms with Gasteiger partial charge in [0.05, 0.1) is 29.2 Å². The number of hydrogen-bond acceptors (Lipinski definition) is 5. The van der Waals surface area contributed by atoms with Gasteiger partial charge in [0.25, 0.3) is 0 Å². The molecule has 0 radical (unpaired) electrons. The minimum Gasteiger partial charge on any atom is -0.343 e. The normalized spacial score (nSPS) is 19.4. The predicted molar refractivity (Wildman–Crippen MR) is 120 cm³/mol. The smallest absolute Gasteiger partial charge is 0.343 e. The number of alkyl halides is 3. The number of nitrogens with zero attached hydrogens (tertiary/aromatic N) is 5. The molecule has 8 nitrogen and oxygen atoms in total. The van der Waals surface area contributed by atoms with Gasteiger partial charge in [-0.15, -0.1) is 0 Å². The van der Waals surface area contributed by atoms with E-state index in [4.69, 9.17) is 0 Å². The molecule has 1 aliphatic carbocycles. The summed E-state index contributed by atoms with van der Waals surface area (Å²) in [6.45, 7) is 4.66. The largest absolute Gasteiger partial charge is 0.416 e. The van der Waals surface area contributed by atoms with Crippen LogP contribution in [0.4, 0.5) is 29.7 Å². The second kappa shape index (κ2) is 8.00. The molecule has 1 saturated carbocycles. The third-order valence-electron chi connectivity index (χ3n) is 6.32. The number of urea groups is 1. The van der Waals surface area contributed by atoms with E-state index in [0.717, 1.165) is 25.0 Å². The zero-order valence-electron chi connectivity index (χ0n) is 18.7. The second-order valence-electron chi connectivity index (χ2n) is 9.03. The molecule has 1 aromatic carbocycles. The van der Waals surface area contributed by atoms with Crippen LogP contribution in [0.3, 0.4) is 0 Å². The molecule has 11 heteroatoms. The Bertz CT molecular complexity index is 1220. The van der Waals surface area contributed by atoms with Crippen molar-refractivity contribution >= 4 is 17.8 Å². The van der Waals surface area contributed by atoms with Crippen molar-refractivity contribution in [3.63, 3.8) is 0 Å². The van der Waals surface area contributed by atoms with Gasteiger partial charge in [-0.25, -0.2) is 14.8 Å². The van der Waals surface area contributed by atoms with Gasteiger partial charge in [-0.05, 0) is 43.0 Å². The highest BCUT2D eigenvalue weighted by molar-refractivity contribution is 5.94. The van der Waals surface area contributed by atoms with Crippen LogP contribution >= 0.6 is 0 Å². The lowest BCUT2D eigenvalue weighted by atomic mass is 10.0. The standard InChI is InChI=1S/C23H24F3N7O/c1-14(2)17-11-28-21(34)33(17)19-6-9-27-20(30-19)31-22(7-8-22)18-12-32(13-29-18)16-5-3-4-15(10-16)23(24,25)26/h3-6,9-10,12-14,17H,7-8,11H2,1-2H3,(H,28,34)(H,27,30,31). The first-order valence-corrected chi connectivity index (χ1v) is 11.1. The second-order valence-corrected chi connectivity index (χ2v) is 9.03. The summed E-state index contributed by atoms with van der Waals surface area (Å²) in [7, 11) is 0. The average Bonchev–Trinajstić information content (AvgIpc) is 3.21. The fourth-order valence-electron chi connectivity index (χ4n) is 4.21. The molecule has 3 heterocycles. The molecule has 2 aliphatic rings. The number of nitrogens with one attached hydrogen (secondary N) is 2. The van der Waals surface area contributed by atoms with Crippen molar-refractivity contribution in [1.29, 1.82) is 0 Å². The molecule has 2 amide bonds. The fourth-order valence-corrected chi connectivity index (χ4v) is 4.21. The van der Waals surface area contributed by atoms with E-state index < -0.39 is 17.3 Å². The fraction of sp³-hybridized carbons (Fsp3) is 0.391. The van der Waals surface area contributed by atoms with Gasteiger partial charge in [0.1, 0.15) is 5.82 Å². The third kappa shape index (κ3) is 4.06. The molecule has 5 rings (SSSR count). The molecule has 2 fully saturated rings. The Kier molecular flexibility index (Phi) is 5.22. The van der Waals surface area contributed by atoms with Crippen LogP contribution in [-0.2, 0) is 11.7 Å². The summed E-state index contributed by atoms with van der Waals surface area (Å²) in [5.41, 5.74) is -0.147. The molecule has 1 aliphatic heterocycles. The lowest BCUT2D eigenvalue weighted by Crippen LogP contribution is -2.38. The van der Waals surface area contributed by atoms with Gasteiger partial charge in [0, 0.05) is 24.6 Å². The van der Waals surface area contributed by atoms with Crippen LogP contribution in [0.25, 0.3) is 5.69 Å². The molecule has 0 bridgehead atoms. The van der Waals surface area contributed by atoms with Crippen molar-refractivity contribution in [3.05, 3.63) is 60.3 Å². The van der Waals surface area contributed by atoms with E-state index in [-0.39, 0.29) is 18.0 Å². The Morgan fingerprint density at radius 1 is 1.21 bits per heavy atom. The van der Waals surface area contributed by atoms with E-state index in [0.29, 0.717) is 29.7 Å². The van der Waals surface area contributed by atoms with E-state index in [1.54, 1.807) is 34.0 Å². The number of benzene rings is 1. The zero-order valence-corrected chi connectivity index (χ0v) is 18.7. The lowest BCUT2D eigenvalue weighted by Gasteiger charge is -2.25. The maximum atomic E-state index is 13.1. The Hall–Kier alpha value is -3.63. The number of carbonyl (C=O) groups is 1. The van der Waals surface area contributed by atoms with Crippen LogP contribution in [0.5, 0.6) is 0 Å². The molecule has 2 aromatic heterocycles. The summed E-state index contributed by atoms with van der Waals surface area (Å²) in [5.74, 6) is 1.13. The predicted octanol–water partition coefficient (Wildman–Crippen LogP) is 4.34. The molecule has 178 valence electrons. The third-order valence-corrected chi connectivity index (χ3v) is 6.32. The molecular weight excluding hydrogens is 447 g/mol. The first-order valence-electron chi connectivity index (χ1n) is 11.1. The van der Waals surface area contributed by atoms with E-state index in [9.17, 15) is 18.0 Å². The summed E-state index contributed by atoms with van der Waals surface area (Å²) in [4.78, 5) is 27.4. The van der Waals surface area contributed by atoms with Gasteiger partial charge in [0.15, 0.2) is 0 Å². The minimum absolute atomic E-state index is 0.00621. The van der Waals surface area contributed by atoms with Crippen molar-refractivity contribution in [2.24, 2.45) is 5.92 Å². The number of carbonyl (C=O) groups excluding carboxylic acids is 1. The Morgan fingerprint density at radius 3 is 2.71 bits per heavy atom. The van der Waals surface area contributed by atoms with Crippen LogP contribution in [0, 0.1) is 5.92 Å². The van der Waals surface area contributed by atoms with E-state index in [1.165, 1.54) is 12.4 Å². The Morgan fingerprint density at radius 2 is 2.00 bits per heavy atom. The van der Waals surface area contributed by atoms with Crippen LogP contribution < -0.4 is 15.5 Å². The van der Waals surface area contributed by atoms with Crippen LogP contribution in [0.15, 0.2) is 49.1 Å². The summed E-state index contributed by atoms with van der Waals surface area (Å²) in [5, 5.41) is 6.19. The number of aromatic nitrogens is 4. The number of halogens is 3.